The fourth-order valence-electron chi connectivity index (χ4n) is 2.23. The predicted octanol–water partition coefficient (Wildman–Crippen LogP) is 1.38. The molecular weight excluding hydrogens is 264 g/mol. The minimum atomic E-state index is 0.628. The highest BCUT2D eigenvalue weighted by Gasteiger charge is 2.21. The second-order valence-electron chi connectivity index (χ2n) is 5.33. The van der Waals surface area contributed by atoms with E-state index in [-0.39, 0.29) is 0 Å². The molecule has 0 atom stereocenters. The van der Waals surface area contributed by atoms with Crippen LogP contribution in [0.25, 0.3) is 5.65 Å². The van der Waals surface area contributed by atoms with Crippen LogP contribution < -0.4 is 10.6 Å². The van der Waals surface area contributed by atoms with E-state index in [1.54, 1.807) is 0 Å². The smallest absolute Gasteiger partial charge is 0.191 e. The van der Waals surface area contributed by atoms with Crippen molar-refractivity contribution >= 4 is 11.6 Å². The van der Waals surface area contributed by atoms with Gasteiger partial charge in [0.15, 0.2) is 11.6 Å². The van der Waals surface area contributed by atoms with E-state index in [0.717, 1.165) is 43.4 Å². The molecule has 6 nitrogen and oxygen atoms in total. The van der Waals surface area contributed by atoms with Crippen LogP contribution >= 0.6 is 0 Å². The van der Waals surface area contributed by atoms with Crippen molar-refractivity contribution in [3.63, 3.8) is 0 Å². The number of nitrogens with one attached hydrogen (secondary N) is 2. The van der Waals surface area contributed by atoms with Crippen molar-refractivity contribution in [1.82, 2.24) is 25.2 Å². The number of hydrogen-bond donors (Lipinski definition) is 2. The minimum Gasteiger partial charge on any atom is -0.357 e. The molecule has 0 unspecified atom stereocenters. The van der Waals surface area contributed by atoms with Gasteiger partial charge in [0.1, 0.15) is 5.82 Å². The van der Waals surface area contributed by atoms with Gasteiger partial charge in [-0.2, -0.15) is 0 Å². The first-order valence-corrected chi connectivity index (χ1v) is 7.70. The van der Waals surface area contributed by atoms with E-state index in [0.29, 0.717) is 6.04 Å². The van der Waals surface area contributed by atoms with Crippen LogP contribution in [0.1, 0.15) is 32.0 Å². The Kier molecular flexibility index (Phi) is 4.33. The summed E-state index contributed by atoms with van der Waals surface area (Å²) in [6.07, 6.45) is 6.38. The van der Waals surface area contributed by atoms with Gasteiger partial charge in [-0.1, -0.05) is 6.07 Å². The zero-order valence-electron chi connectivity index (χ0n) is 12.4. The summed E-state index contributed by atoms with van der Waals surface area (Å²) in [5.41, 5.74) is 0.903. The van der Waals surface area contributed by atoms with Crippen molar-refractivity contribution in [2.24, 2.45) is 4.99 Å². The maximum atomic E-state index is 4.61. The molecule has 0 aliphatic heterocycles. The van der Waals surface area contributed by atoms with Crippen molar-refractivity contribution in [2.75, 3.05) is 13.1 Å². The number of aliphatic imine (C=N–C) groups is 1. The highest BCUT2D eigenvalue weighted by molar-refractivity contribution is 5.80. The van der Waals surface area contributed by atoms with Crippen LogP contribution in [0.5, 0.6) is 0 Å². The third-order valence-corrected chi connectivity index (χ3v) is 3.48. The second kappa shape index (κ2) is 6.56. The van der Waals surface area contributed by atoms with Crippen molar-refractivity contribution in [2.45, 2.75) is 38.6 Å². The molecule has 1 saturated carbocycles. The maximum absolute atomic E-state index is 4.61. The van der Waals surface area contributed by atoms with Gasteiger partial charge in [0.05, 0.1) is 0 Å². The Morgan fingerprint density at radius 3 is 3.10 bits per heavy atom. The highest BCUT2D eigenvalue weighted by Crippen LogP contribution is 2.18. The topological polar surface area (TPSA) is 66.6 Å². The Balaban J connectivity index is 1.52. The lowest BCUT2D eigenvalue weighted by Gasteiger charge is -2.09. The SMILES string of the molecule is CCNC(=NCCCc1nnc2ccccn12)NC1CC1. The summed E-state index contributed by atoms with van der Waals surface area (Å²) in [6, 6.07) is 6.58. The van der Waals surface area contributed by atoms with Gasteiger partial charge in [0, 0.05) is 31.7 Å². The van der Waals surface area contributed by atoms with Crippen molar-refractivity contribution in [3.8, 4) is 0 Å². The Bertz CT molecular complexity index is 613. The van der Waals surface area contributed by atoms with Gasteiger partial charge >= 0.3 is 0 Å². The van der Waals surface area contributed by atoms with Crippen LogP contribution in [0.4, 0.5) is 0 Å². The molecule has 0 spiro atoms. The summed E-state index contributed by atoms with van der Waals surface area (Å²) in [6.45, 7) is 3.78. The zero-order valence-corrected chi connectivity index (χ0v) is 12.4. The molecule has 1 aliphatic carbocycles. The Labute approximate surface area is 124 Å². The fraction of sp³-hybridized carbons (Fsp3) is 0.533. The van der Waals surface area contributed by atoms with Crippen LogP contribution in [0, 0.1) is 0 Å². The molecule has 1 aliphatic rings. The Hall–Kier alpha value is -2.11. The molecule has 0 amide bonds. The fourth-order valence-corrected chi connectivity index (χ4v) is 2.23. The van der Waals surface area contributed by atoms with Crippen LogP contribution in [-0.4, -0.2) is 39.7 Å². The van der Waals surface area contributed by atoms with E-state index in [4.69, 9.17) is 0 Å². The lowest BCUT2D eigenvalue weighted by molar-refractivity contribution is 0.751. The van der Waals surface area contributed by atoms with Crippen molar-refractivity contribution in [3.05, 3.63) is 30.2 Å². The summed E-state index contributed by atoms with van der Waals surface area (Å²) in [4.78, 5) is 4.61. The summed E-state index contributed by atoms with van der Waals surface area (Å²) in [5, 5.41) is 15.1. The van der Waals surface area contributed by atoms with E-state index in [2.05, 4.69) is 32.7 Å². The van der Waals surface area contributed by atoms with Crippen molar-refractivity contribution < 1.29 is 0 Å². The quantitative estimate of drug-likeness (QED) is 0.478. The molecule has 112 valence electrons. The monoisotopic (exact) mass is 286 g/mol. The lowest BCUT2D eigenvalue weighted by atomic mass is 10.3. The van der Waals surface area contributed by atoms with Gasteiger partial charge in [-0.3, -0.25) is 9.39 Å². The highest BCUT2D eigenvalue weighted by atomic mass is 15.2. The van der Waals surface area contributed by atoms with Gasteiger partial charge < -0.3 is 10.6 Å². The molecule has 2 N–H and O–H groups in total. The summed E-state index contributed by atoms with van der Waals surface area (Å²) in [7, 11) is 0. The number of pyridine rings is 1. The third kappa shape index (κ3) is 3.71. The number of aryl methyl sites for hydroxylation is 1. The molecule has 1 fully saturated rings. The molecule has 21 heavy (non-hydrogen) atoms. The Morgan fingerprint density at radius 1 is 1.38 bits per heavy atom. The molecule has 0 radical (unpaired) electrons. The van der Waals surface area contributed by atoms with E-state index >= 15 is 0 Å². The molecule has 0 aromatic carbocycles. The van der Waals surface area contributed by atoms with E-state index in [1.165, 1.54) is 12.8 Å². The van der Waals surface area contributed by atoms with E-state index in [9.17, 15) is 0 Å². The minimum absolute atomic E-state index is 0.628. The zero-order chi connectivity index (χ0) is 14.5. The van der Waals surface area contributed by atoms with Crippen LogP contribution in [0.15, 0.2) is 29.4 Å². The number of fused-ring (bicyclic) bond motifs is 1. The number of nitrogens with zero attached hydrogens (tertiary/aromatic N) is 4. The molecule has 0 bridgehead atoms. The summed E-state index contributed by atoms with van der Waals surface area (Å²) < 4.78 is 2.04. The van der Waals surface area contributed by atoms with Gasteiger partial charge in [0.25, 0.3) is 0 Å². The largest absolute Gasteiger partial charge is 0.357 e. The molecule has 3 rings (SSSR count). The van der Waals surface area contributed by atoms with Gasteiger partial charge in [-0.05, 0) is 38.3 Å². The first-order chi connectivity index (χ1) is 10.4. The molecule has 2 aromatic heterocycles. The number of aromatic nitrogens is 3. The van der Waals surface area contributed by atoms with Crippen LogP contribution in [0.3, 0.4) is 0 Å². The van der Waals surface area contributed by atoms with Gasteiger partial charge in [-0.15, -0.1) is 10.2 Å². The average Bonchev–Trinajstić information content (AvgIpc) is 3.22. The first kappa shape index (κ1) is 13.9. The van der Waals surface area contributed by atoms with Crippen molar-refractivity contribution in [1.29, 1.82) is 0 Å². The second-order valence-corrected chi connectivity index (χ2v) is 5.33. The predicted molar refractivity (Wildman–Crippen MR) is 83.4 cm³/mol. The molecular formula is C15H22N6. The van der Waals surface area contributed by atoms with Gasteiger partial charge in [0.2, 0.25) is 0 Å². The van der Waals surface area contributed by atoms with Gasteiger partial charge in [-0.25, -0.2) is 0 Å². The van der Waals surface area contributed by atoms with E-state index in [1.807, 2.05) is 28.8 Å². The standard InChI is InChI=1S/C15H22N6/c1-2-16-15(18-12-8-9-12)17-10-5-7-14-20-19-13-6-3-4-11-21(13)14/h3-4,6,11-12H,2,5,7-10H2,1H3,(H2,16,17,18). The summed E-state index contributed by atoms with van der Waals surface area (Å²) >= 11 is 0. The number of rotatable bonds is 6. The lowest BCUT2D eigenvalue weighted by Crippen LogP contribution is -2.38. The van der Waals surface area contributed by atoms with Crippen LogP contribution in [-0.2, 0) is 6.42 Å². The normalized spacial score (nSPS) is 15.4. The molecule has 6 heteroatoms. The van der Waals surface area contributed by atoms with E-state index < -0.39 is 0 Å². The summed E-state index contributed by atoms with van der Waals surface area (Å²) in [5.74, 6) is 1.94. The molecule has 0 saturated heterocycles. The maximum Gasteiger partial charge on any atom is 0.191 e. The average molecular weight is 286 g/mol. The molecule has 2 aromatic rings. The number of hydrogen-bond acceptors (Lipinski definition) is 3. The third-order valence-electron chi connectivity index (χ3n) is 3.48. The Morgan fingerprint density at radius 2 is 2.29 bits per heavy atom. The number of guanidine groups is 1. The molecule has 2 heterocycles. The van der Waals surface area contributed by atoms with Crippen LogP contribution in [0.2, 0.25) is 0 Å². The first-order valence-electron chi connectivity index (χ1n) is 7.70.